The van der Waals surface area contributed by atoms with E-state index in [1.807, 2.05) is 0 Å². The van der Waals surface area contributed by atoms with Crippen molar-refractivity contribution in [2.75, 3.05) is 6.26 Å². The zero-order valence-electron chi connectivity index (χ0n) is 13.2. The van der Waals surface area contributed by atoms with Crippen LogP contribution in [0.3, 0.4) is 0 Å². The highest BCUT2D eigenvalue weighted by Crippen LogP contribution is 2.40. The molecule has 122 valence electrons. The number of carbonyl (C=O) groups is 1. The lowest BCUT2D eigenvalue weighted by atomic mass is 9.69. The highest BCUT2D eigenvalue weighted by Gasteiger charge is 2.42. The van der Waals surface area contributed by atoms with Crippen LogP contribution < -0.4 is 0 Å². The van der Waals surface area contributed by atoms with Gasteiger partial charge in [-0.3, -0.25) is 4.79 Å². The molecule has 0 amide bonds. The highest BCUT2D eigenvalue weighted by atomic mass is 32.2. The van der Waals surface area contributed by atoms with Crippen molar-refractivity contribution in [1.82, 2.24) is 0 Å². The molecule has 1 saturated carbocycles. The summed E-state index contributed by atoms with van der Waals surface area (Å²) in [5.74, 6) is -0.733. The Morgan fingerprint density at radius 2 is 1.59 bits per heavy atom. The fraction of sp³-hybridized carbons (Fsp3) is 0.588. The molecule has 2 rings (SSSR count). The van der Waals surface area contributed by atoms with Crippen LogP contribution in [0.1, 0.15) is 51.0 Å². The number of aliphatic carboxylic acids is 1. The third-order valence-electron chi connectivity index (χ3n) is 5.00. The van der Waals surface area contributed by atoms with Crippen LogP contribution in [0.15, 0.2) is 29.2 Å². The summed E-state index contributed by atoms with van der Waals surface area (Å²) in [4.78, 5) is 12.2. The molecule has 0 aliphatic heterocycles. The number of rotatable bonds is 4. The Morgan fingerprint density at radius 3 is 2.00 bits per heavy atom. The Balaban J connectivity index is 2.40. The van der Waals surface area contributed by atoms with Gasteiger partial charge in [0.15, 0.2) is 9.84 Å². The molecule has 1 aliphatic rings. The predicted octanol–water partition coefficient (Wildman–Crippen LogP) is 3.40. The highest BCUT2D eigenvalue weighted by molar-refractivity contribution is 7.90. The molecule has 0 aromatic heterocycles. The molecule has 0 spiro atoms. The molecule has 5 heteroatoms. The molecule has 22 heavy (non-hydrogen) atoms. The van der Waals surface area contributed by atoms with Crippen molar-refractivity contribution in [1.29, 1.82) is 0 Å². The minimum absolute atomic E-state index is 0.0941. The number of carboxylic acids is 1. The summed E-state index contributed by atoms with van der Waals surface area (Å²) in [7, 11) is -3.26. The lowest BCUT2D eigenvalue weighted by Gasteiger charge is -2.34. The van der Waals surface area contributed by atoms with Gasteiger partial charge < -0.3 is 5.11 Å². The lowest BCUT2D eigenvalue weighted by molar-refractivity contribution is -0.145. The second kappa shape index (κ2) is 6.41. The van der Waals surface area contributed by atoms with E-state index in [4.69, 9.17) is 0 Å². The Kier molecular flexibility index (Phi) is 4.95. The average Bonchev–Trinajstić information content (AvgIpc) is 2.74. The van der Waals surface area contributed by atoms with Crippen LogP contribution >= 0.6 is 0 Å². The maximum absolute atomic E-state index is 12.0. The normalized spacial score (nSPS) is 20.1. The van der Waals surface area contributed by atoms with Crippen LogP contribution in [0.2, 0.25) is 0 Å². The van der Waals surface area contributed by atoms with E-state index in [2.05, 4.69) is 0 Å². The molecule has 4 nitrogen and oxygen atoms in total. The monoisotopic (exact) mass is 324 g/mol. The van der Waals surface area contributed by atoms with Crippen LogP contribution in [0, 0.1) is 5.92 Å². The van der Waals surface area contributed by atoms with Gasteiger partial charge in [0.1, 0.15) is 0 Å². The van der Waals surface area contributed by atoms with Gasteiger partial charge in [0.2, 0.25) is 0 Å². The number of carboxylic acid groups (broad SMARTS) is 1. The second-order valence-corrected chi connectivity index (χ2v) is 8.51. The number of hydrogen-bond acceptors (Lipinski definition) is 3. The maximum atomic E-state index is 12.0. The minimum atomic E-state index is -3.26. The van der Waals surface area contributed by atoms with Gasteiger partial charge >= 0.3 is 5.97 Å². The Morgan fingerprint density at radius 1 is 1.09 bits per heavy atom. The quantitative estimate of drug-likeness (QED) is 0.862. The van der Waals surface area contributed by atoms with Gasteiger partial charge in [-0.15, -0.1) is 0 Å². The zero-order chi connectivity index (χ0) is 16.4. The summed E-state index contributed by atoms with van der Waals surface area (Å²) in [5.41, 5.74) is -0.264. The molecule has 1 aromatic rings. The third-order valence-corrected chi connectivity index (χ3v) is 6.13. The summed E-state index contributed by atoms with van der Waals surface area (Å²) in [6.45, 7) is 1.78. The van der Waals surface area contributed by atoms with E-state index >= 15 is 0 Å². The van der Waals surface area contributed by atoms with Crippen molar-refractivity contribution in [3.8, 4) is 0 Å². The molecular formula is C17H24O4S. The molecule has 1 N–H and O–H groups in total. The largest absolute Gasteiger partial charge is 0.481 e. The topological polar surface area (TPSA) is 71.4 Å². The Bertz CT molecular complexity index is 625. The molecule has 0 bridgehead atoms. The average molecular weight is 324 g/mol. The number of sulfone groups is 1. The van der Waals surface area contributed by atoms with Crippen molar-refractivity contribution in [3.63, 3.8) is 0 Å². The summed E-state index contributed by atoms with van der Waals surface area (Å²) in [6.07, 6.45) is 7.44. The van der Waals surface area contributed by atoms with E-state index in [0.717, 1.165) is 31.9 Å². The van der Waals surface area contributed by atoms with Crippen molar-refractivity contribution in [2.45, 2.75) is 55.8 Å². The van der Waals surface area contributed by atoms with Gasteiger partial charge in [0.05, 0.1) is 10.3 Å². The first-order chi connectivity index (χ1) is 10.3. The Labute approximate surface area is 132 Å². The lowest BCUT2D eigenvalue weighted by Crippen LogP contribution is -2.40. The van der Waals surface area contributed by atoms with Crippen molar-refractivity contribution < 1.29 is 18.3 Å². The number of hydrogen-bond donors (Lipinski definition) is 1. The molecule has 1 aliphatic carbocycles. The second-order valence-electron chi connectivity index (χ2n) is 6.49. The van der Waals surface area contributed by atoms with Gasteiger partial charge in [-0.05, 0) is 43.4 Å². The molecule has 0 heterocycles. The van der Waals surface area contributed by atoms with E-state index < -0.39 is 21.2 Å². The van der Waals surface area contributed by atoms with E-state index in [-0.39, 0.29) is 10.8 Å². The van der Waals surface area contributed by atoms with Crippen molar-refractivity contribution >= 4 is 15.8 Å². The number of benzene rings is 1. The SMILES string of the molecule is CC(C(=O)O)(c1ccc(S(C)(=O)=O)cc1)C1CCCCCC1. The zero-order valence-corrected chi connectivity index (χ0v) is 14.0. The van der Waals surface area contributed by atoms with Gasteiger partial charge in [-0.25, -0.2) is 8.42 Å². The van der Waals surface area contributed by atoms with Crippen LogP contribution in [0.4, 0.5) is 0 Å². The molecule has 1 atom stereocenters. The van der Waals surface area contributed by atoms with Crippen molar-refractivity contribution in [3.05, 3.63) is 29.8 Å². The molecule has 1 unspecified atom stereocenters. The fourth-order valence-corrected chi connectivity index (χ4v) is 4.07. The molecule has 0 radical (unpaired) electrons. The molecule has 0 saturated heterocycles. The van der Waals surface area contributed by atoms with Gasteiger partial charge in [-0.1, -0.05) is 37.8 Å². The van der Waals surface area contributed by atoms with E-state index in [1.165, 1.54) is 25.0 Å². The van der Waals surface area contributed by atoms with E-state index in [0.29, 0.717) is 5.56 Å². The van der Waals surface area contributed by atoms with Crippen LogP contribution in [0.25, 0.3) is 0 Å². The molecule has 1 fully saturated rings. The first-order valence-corrected chi connectivity index (χ1v) is 9.69. The van der Waals surface area contributed by atoms with Crippen LogP contribution in [0.5, 0.6) is 0 Å². The van der Waals surface area contributed by atoms with E-state index in [1.54, 1.807) is 19.1 Å². The minimum Gasteiger partial charge on any atom is -0.481 e. The van der Waals surface area contributed by atoms with Gasteiger partial charge in [0.25, 0.3) is 0 Å². The predicted molar refractivity (Wildman–Crippen MR) is 85.7 cm³/mol. The van der Waals surface area contributed by atoms with Gasteiger partial charge in [0, 0.05) is 6.26 Å². The third kappa shape index (κ3) is 3.35. The fourth-order valence-electron chi connectivity index (χ4n) is 3.44. The van der Waals surface area contributed by atoms with Crippen LogP contribution in [-0.2, 0) is 20.0 Å². The molecule has 1 aromatic carbocycles. The first-order valence-electron chi connectivity index (χ1n) is 7.80. The summed E-state index contributed by atoms with van der Waals surface area (Å²) >= 11 is 0. The Hall–Kier alpha value is -1.36. The van der Waals surface area contributed by atoms with Crippen LogP contribution in [-0.4, -0.2) is 25.7 Å². The summed E-state index contributed by atoms with van der Waals surface area (Å²) < 4.78 is 23.1. The van der Waals surface area contributed by atoms with Crippen molar-refractivity contribution in [2.24, 2.45) is 5.92 Å². The molecular weight excluding hydrogens is 300 g/mol. The van der Waals surface area contributed by atoms with E-state index in [9.17, 15) is 18.3 Å². The summed E-state index contributed by atoms with van der Waals surface area (Å²) in [6, 6.07) is 6.36. The maximum Gasteiger partial charge on any atom is 0.314 e. The standard InChI is InChI=1S/C17H24O4S/c1-17(16(18)19,13-7-5-3-4-6-8-13)14-9-11-15(12-10-14)22(2,20)21/h9-13H,3-8H2,1-2H3,(H,18,19). The first kappa shape index (κ1) is 17.0. The smallest absolute Gasteiger partial charge is 0.314 e. The van der Waals surface area contributed by atoms with Gasteiger partial charge in [-0.2, -0.15) is 0 Å². The summed E-state index contributed by atoms with van der Waals surface area (Å²) in [5, 5.41) is 9.84.